The highest BCUT2D eigenvalue weighted by molar-refractivity contribution is 5.44. The van der Waals surface area contributed by atoms with Gasteiger partial charge in [-0.15, -0.1) is 0 Å². The van der Waals surface area contributed by atoms with Crippen LogP contribution in [0.25, 0.3) is 0 Å². The third kappa shape index (κ3) is 3.98. The van der Waals surface area contributed by atoms with Crippen LogP contribution in [-0.4, -0.2) is 30.0 Å². The minimum atomic E-state index is -1.05. The van der Waals surface area contributed by atoms with Gasteiger partial charge in [-0.25, -0.2) is 0 Å². The molecule has 2 atom stereocenters. The molecule has 0 fully saturated rings. The van der Waals surface area contributed by atoms with Crippen molar-refractivity contribution >= 4 is 0 Å². The summed E-state index contributed by atoms with van der Waals surface area (Å²) < 4.78 is 11.0. The van der Waals surface area contributed by atoms with Crippen LogP contribution >= 0.6 is 0 Å². The summed E-state index contributed by atoms with van der Waals surface area (Å²) in [5.41, 5.74) is 6.93. The Bertz CT molecular complexity index is 588. The number of hydrogen-bond acceptors (Lipinski definition) is 5. The molecule has 0 aromatic heterocycles. The molecule has 0 aliphatic rings. The van der Waals surface area contributed by atoms with Gasteiger partial charge in [-0.1, -0.05) is 36.4 Å². The van der Waals surface area contributed by atoms with Crippen LogP contribution in [-0.2, 0) is 6.61 Å². The van der Waals surface area contributed by atoms with Gasteiger partial charge in [-0.05, 0) is 23.3 Å². The minimum absolute atomic E-state index is 0.0181. The summed E-state index contributed by atoms with van der Waals surface area (Å²) in [6.45, 7) is 0.403. The Morgan fingerprint density at radius 2 is 1.77 bits per heavy atom. The molecule has 4 N–H and O–H groups in total. The maximum absolute atomic E-state index is 9.98. The second-order valence-electron chi connectivity index (χ2n) is 4.93. The van der Waals surface area contributed by atoms with Crippen molar-refractivity contribution in [3.8, 4) is 11.5 Å². The Labute approximate surface area is 129 Å². The molecule has 0 aliphatic carbocycles. The third-order valence-corrected chi connectivity index (χ3v) is 3.37. The lowest BCUT2D eigenvalue weighted by molar-refractivity contribution is 0.0242. The summed E-state index contributed by atoms with van der Waals surface area (Å²) in [6.07, 6.45) is -2.07. The average Bonchev–Trinajstić information content (AvgIpc) is 2.59. The van der Waals surface area contributed by atoms with Crippen molar-refractivity contribution in [3.63, 3.8) is 0 Å². The van der Waals surface area contributed by atoms with Crippen LogP contribution in [0.4, 0.5) is 0 Å². The maximum Gasteiger partial charge on any atom is 0.161 e. The minimum Gasteiger partial charge on any atom is -0.493 e. The lowest BCUT2D eigenvalue weighted by Crippen LogP contribution is -2.27. The van der Waals surface area contributed by atoms with Gasteiger partial charge in [0.05, 0.1) is 13.2 Å². The number of nitrogens with two attached hydrogens (primary N) is 1. The highest BCUT2D eigenvalue weighted by Gasteiger charge is 2.18. The van der Waals surface area contributed by atoms with E-state index in [2.05, 4.69) is 0 Å². The van der Waals surface area contributed by atoms with Crippen LogP contribution in [0.2, 0.25) is 0 Å². The van der Waals surface area contributed by atoms with Crippen molar-refractivity contribution in [2.45, 2.75) is 18.8 Å². The zero-order valence-corrected chi connectivity index (χ0v) is 12.5. The van der Waals surface area contributed by atoms with E-state index in [0.717, 1.165) is 5.56 Å². The van der Waals surface area contributed by atoms with Crippen molar-refractivity contribution in [3.05, 3.63) is 59.7 Å². The highest BCUT2D eigenvalue weighted by atomic mass is 16.5. The summed E-state index contributed by atoms with van der Waals surface area (Å²) in [7, 11) is 1.53. The predicted octanol–water partition coefficient (Wildman–Crippen LogP) is 1.63. The molecule has 5 nitrogen and oxygen atoms in total. The maximum atomic E-state index is 9.98. The fourth-order valence-electron chi connectivity index (χ4n) is 2.07. The standard InChI is InChI=1S/C17H21NO4/c1-21-16-9-13(17(20)14(19)10-18)7-8-15(16)22-11-12-5-3-2-4-6-12/h2-9,14,17,19-20H,10-11,18H2,1H3. The number of benzene rings is 2. The number of aliphatic hydroxyl groups is 2. The lowest BCUT2D eigenvalue weighted by atomic mass is 10.0. The normalized spacial score (nSPS) is 13.5. The van der Waals surface area contributed by atoms with Crippen LogP contribution in [0.5, 0.6) is 11.5 Å². The largest absolute Gasteiger partial charge is 0.493 e. The Morgan fingerprint density at radius 3 is 2.41 bits per heavy atom. The number of methoxy groups -OCH3 is 1. The third-order valence-electron chi connectivity index (χ3n) is 3.37. The van der Waals surface area contributed by atoms with Crippen molar-refractivity contribution in [2.24, 2.45) is 5.73 Å². The van der Waals surface area contributed by atoms with E-state index in [1.807, 2.05) is 30.3 Å². The van der Waals surface area contributed by atoms with E-state index in [4.69, 9.17) is 15.2 Å². The topological polar surface area (TPSA) is 84.9 Å². The van der Waals surface area contributed by atoms with Crippen LogP contribution in [0.15, 0.2) is 48.5 Å². The van der Waals surface area contributed by atoms with Crippen molar-refractivity contribution in [1.29, 1.82) is 0 Å². The van der Waals surface area contributed by atoms with Gasteiger partial charge < -0.3 is 25.4 Å². The quantitative estimate of drug-likeness (QED) is 0.724. The molecule has 0 radical (unpaired) electrons. The highest BCUT2D eigenvalue weighted by Crippen LogP contribution is 2.31. The number of rotatable bonds is 7. The van der Waals surface area contributed by atoms with E-state index in [1.165, 1.54) is 7.11 Å². The summed E-state index contributed by atoms with van der Waals surface area (Å²) in [4.78, 5) is 0. The van der Waals surface area contributed by atoms with Gasteiger partial charge in [0.1, 0.15) is 12.7 Å². The van der Waals surface area contributed by atoms with Gasteiger partial charge >= 0.3 is 0 Å². The summed E-state index contributed by atoms with van der Waals surface area (Å²) in [6, 6.07) is 14.8. The molecule has 2 aromatic carbocycles. The fraction of sp³-hybridized carbons (Fsp3) is 0.294. The zero-order chi connectivity index (χ0) is 15.9. The van der Waals surface area contributed by atoms with E-state index in [1.54, 1.807) is 18.2 Å². The summed E-state index contributed by atoms with van der Waals surface area (Å²) in [5.74, 6) is 1.07. The van der Waals surface area contributed by atoms with Gasteiger partial charge in [0.15, 0.2) is 11.5 Å². The summed E-state index contributed by atoms with van der Waals surface area (Å²) in [5, 5.41) is 19.6. The Morgan fingerprint density at radius 1 is 1.05 bits per heavy atom. The first kappa shape index (κ1) is 16.3. The number of hydrogen-bond donors (Lipinski definition) is 3. The molecule has 0 aliphatic heterocycles. The van der Waals surface area contributed by atoms with E-state index in [0.29, 0.717) is 23.7 Å². The molecule has 0 saturated heterocycles. The first-order valence-electron chi connectivity index (χ1n) is 7.06. The molecule has 2 rings (SSSR count). The molecular weight excluding hydrogens is 282 g/mol. The Balaban J connectivity index is 2.12. The van der Waals surface area contributed by atoms with Gasteiger partial charge in [0.2, 0.25) is 0 Å². The molecule has 0 spiro atoms. The molecule has 5 heteroatoms. The van der Waals surface area contributed by atoms with E-state index >= 15 is 0 Å². The first-order valence-corrected chi connectivity index (χ1v) is 7.06. The first-order chi connectivity index (χ1) is 10.7. The van der Waals surface area contributed by atoms with E-state index in [-0.39, 0.29) is 6.54 Å². The number of aliphatic hydroxyl groups excluding tert-OH is 2. The van der Waals surface area contributed by atoms with Gasteiger partial charge in [-0.3, -0.25) is 0 Å². The van der Waals surface area contributed by atoms with E-state index in [9.17, 15) is 10.2 Å². The second-order valence-corrected chi connectivity index (χ2v) is 4.93. The Kier molecular flexibility index (Phi) is 5.77. The SMILES string of the molecule is COc1cc(C(O)C(O)CN)ccc1OCc1ccccc1. The van der Waals surface area contributed by atoms with Crippen molar-refractivity contribution in [2.75, 3.05) is 13.7 Å². The van der Waals surface area contributed by atoms with E-state index < -0.39 is 12.2 Å². The van der Waals surface area contributed by atoms with Crippen molar-refractivity contribution in [1.82, 2.24) is 0 Å². The molecule has 2 aromatic rings. The average molecular weight is 303 g/mol. The monoisotopic (exact) mass is 303 g/mol. The molecular formula is C17H21NO4. The van der Waals surface area contributed by atoms with Gasteiger partial charge in [-0.2, -0.15) is 0 Å². The van der Waals surface area contributed by atoms with Gasteiger partial charge in [0.25, 0.3) is 0 Å². The molecule has 0 saturated carbocycles. The second kappa shape index (κ2) is 7.79. The van der Waals surface area contributed by atoms with Crippen LogP contribution in [0, 0.1) is 0 Å². The molecule has 118 valence electrons. The molecule has 22 heavy (non-hydrogen) atoms. The molecule has 2 unspecified atom stereocenters. The predicted molar refractivity (Wildman–Crippen MR) is 83.8 cm³/mol. The smallest absolute Gasteiger partial charge is 0.161 e. The summed E-state index contributed by atoms with van der Waals surface area (Å²) >= 11 is 0. The fourth-order valence-corrected chi connectivity index (χ4v) is 2.07. The molecule has 0 bridgehead atoms. The van der Waals surface area contributed by atoms with Crippen molar-refractivity contribution < 1.29 is 19.7 Å². The molecule has 0 heterocycles. The van der Waals surface area contributed by atoms with Gasteiger partial charge in [0, 0.05) is 6.54 Å². The Hall–Kier alpha value is -2.08. The number of ether oxygens (including phenoxy) is 2. The van der Waals surface area contributed by atoms with Crippen LogP contribution in [0.1, 0.15) is 17.2 Å². The lowest BCUT2D eigenvalue weighted by Gasteiger charge is -2.18. The van der Waals surface area contributed by atoms with Crippen LogP contribution < -0.4 is 15.2 Å². The van der Waals surface area contributed by atoms with Crippen LogP contribution in [0.3, 0.4) is 0 Å². The zero-order valence-electron chi connectivity index (χ0n) is 12.5. The molecule has 0 amide bonds.